The number of carbonyl (C=O) groups is 1. The van der Waals surface area contributed by atoms with Crippen molar-refractivity contribution in [3.05, 3.63) is 71.4 Å². The zero-order valence-corrected chi connectivity index (χ0v) is 19.4. The predicted molar refractivity (Wildman–Crippen MR) is 128 cm³/mol. The number of benzene rings is 2. The maximum Gasteiger partial charge on any atom is 0.236 e. The number of rotatable bonds is 9. The molecule has 4 aromatic rings. The number of thiazole rings is 1. The minimum atomic E-state index is -0.119. The molecule has 0 aliphatic rings. The third kappa shape index (κ3) is 5.35. The SMILES string of the molecule is CCn1c(Cc2ccc(OC)cc2)nnc1SCC(=O)Nc1nc(-c2ccccc2)cs1. The first-order valence-corrected chi connectivity index (χ1v) is 12.0. The Labute approximate surface area is 194 Å². The van der Waals surface area contributed by atoms with Crippen molar-refractivity contribution in [2.24, 2.45) is 0 Å². The Morgan fingerprint density at radius 3 is 2.62 bits per heavy atom. The maximum absolute atomic E-state index is 12.5. The van der Waals surface area contributed by atoms with Crippen LogP contribution in [-0.2, 0) is 17.8 Å². The van der Waals surface area contributed by atoms with Crippen molar-refractivity contribution in [2.75, 3.05) is 18.2 Å². The van der Waals surface area contributed by atoms with Gasteiger partial charge in [-0.05, 0) is 24.6 Å². The van der Waals surface area contributed by atoms with Gasteiger partial charge in [-0.3, -0.25) is 4.79 Å². The van der Waals surface area contributed by atoms with Crippen molar-refractivity contribution in [2.45, 2.75) is 25.0 Å². The second-order valence-corrected chi connectivity index (χ2v) is 8.71. The van der Waals surface area contributed by atoms with E-state index in [2.05, 4.69) is 20.5 Å². The molecular weight excluding hydrogens is 442 g/mol. The Balaban J connectivity index is 1.35. The summed E-state index contributed by atoms with van der Waals surface area (Å²) < 4.78 is 7.25. The molecule has 0 radical (unpaired) electrons. The number of nitrogens with one attached hydrogen (secondary N) is 1. The lowest BCUT2D eigenvalue weighted by Gasteiger charge is -2.08. The number of hydrogen-bond donors (Lipinski definition) is 1. The highest BCUT2D eigenvalue weighted by Crippen LogP contribution is 2.25. The molecule has 9 heteroatoms. The van der Waals surface area contributed by atoms with Gasteiger partial charge in [0.25, 0.3) is 0 Å². The van der Waals surface area contributed by atoms with Crippen LogP contribution in [0.1, 0.15) is 18.3 Å². The second kappa shape index (κ2) is 10.4. The van der Waals surface area contributed by atoms with E-state index in [1.165, 1.54) is 23.1 Å². The van der Waals surface area contributed by atoms with Gasteiger partial charge in [-0.2, -0.15) is 0 Å². The normalized spacial score (nSPS) is 10.8. The number of hydrogen-bond acceptors (Lipinski definition) is 7. The fraction of sp³-hybridized carbons (Fsp3) is 0.217. The van der Waals surface area contributed by atoms with E-state index in [1.807, 2.05) is 71.5 Å². The fourth-order valence-corrected chi connectivity index (χ4v) is 4.72. The molecule has 2 aromatic heterocycles. The van der Waals surface area contributed by atoms with Crippen molar-refractivity contribution in [3.63, 3.8) is 0 Å². The standard InChI is InChI=1S/C23H23N5O2S2/c1-3-28-20(13-16-9-11-18(30-2)12-10-16)26-27-23(28)32-15-21(29)25-22-24-19(14-31-22)17-7-5-4-6-8-17/h4-12,14H,3,13,15H2,1-2H3,(H,24,25,29). The van der Waals surface area contributed by atoms with Gasteiger partial charge in [-0.15, -0.1) is 21.5 Å². The lowest BCUT2D eigenvalue weighted by Crippen LogP contribution is -2.14. The zero-order chi connectivity index (χ0) is 22.3. The average Bonchev–Trinajstić information content (AvgIpc) is 3.45. The van der Waals surface area contributed by atoms with Gasteiger partial charge < -0.3 is 14.6 Å². The van der Waals surface area contributed by atoms with Crippen molar-refractivity contribution in [1.82, 2.24) is 19.7 Å². The van der Waals surface area contributed by atoms with Gasteiger partial charge in [0.1, 0.15) is 11.6 Å². The lowest BCUT2D eigenvalue weighted by molar-refractivity contribution is -0.113. The van der Waals surface area contributed by atoms with Crippen LogP contribution in [0, 0.1) is 0 Å². The molecule has 1 amide bonds. The molecule has 0 atom stereocenters. The summed E-state index contributed by atoms with van der Waals surface area (Å²) >= 11 is 2.79. The molecule has 4 rings (SSSR count). The Morgan fingerprint density at radius 2 is 1.91 bits per heavy atom. The van der Waals surface area contributed by atoms with E-state index in [4.69, 9.17) is 4.74 Å². The highest BCUT2D eigenvalue weighted by atomic mass is 32.2. The first-order valence-electron chi connectivity index (χ1n) is 10.1. The molecule has 7 nitrogen and oxygen atoms in total. The van der Waals surface area contributed by atoms with E-state index in [0.717, 1.165) is 40.1 Å². The summed E-state index contributed by atoms with van der Waals surface area (Å²) in [6.45, 7) is 2.78. The first kappa shape index (κ1) is 22.0. The summed E-state index contributed by atoms with van der Waals surface area (Å²) in [7, 11) is 1.65. The molecule has 32 heavy (non-hydrogen) atoms. The van der Waals surface area contributed by atoms with Crippen LogP contribution in [0.25, 0.3) is 11.3 Å². The molecular formula is C23H23N5O2S2. The number of carbonyl (C=O) groups excluding carboxylic acids is 1. The van der Waals surface area contributed by atoms with Crippen molar-refractivity contribution in [1.29, 1.82) is 0 Å². The molecule has 1 N–H and O–H groups in total. The van der Waals surface area contributed by atoms with Crippen molar-refractivity contribution >= 4 is 34.1 Å². The molecule has 0 unspecified atom stereocenters. The summed E-state index contributed by atoms with van der Waals surface area (Å²) in [5.41, 5.74) is 3.01. The molecule has 0 fully saturated rings. The van der Waals surface area contributed by atoms with Crippen LogP contribution in [0.2, 0.25) is 0 Å². The van der Waals surface area contributed by atoms with Crippen LogP contribution in [0.3, 0.4) is 0 Å². The van der Waals surface area contributed by atoms with Crippen LogP contribution in [-0.4, -0.2) is 38.5 Å². The summed E-state index contributed by atoms with van der Waals surface area (Å²) in [6.07, 6.45) is 0.666. The molecule has 0 bridgehead atoms. The minimum absolute atomic E-state index is 0.119. The summed E-state index contributed by atoms with van der Waals surface area (Å²) in [4.78, 5) is 17.0. The van der Waals surface area contributed by atoms with Gasteiger partial charge in [0.15, 0.2) is 10.3 Å². The number of methoxy groups -OCH3 is 1. The van der Waals surface area contributed by atoms with Crippen LogP contribution in [0.5, 0.6) is 5.75 Å². The van der Waals surface area contributed by atoms with Gasteiger partial charge in [0, 0.05) is 23.9 Å². The van der Waals surface area contributed by atoms with E-state index < -0.39 is 0 Å². The smallest absolute Gasteiger partial charge is 0.236 e. The topological polar surface area (TPSA) is 81.9 Å². The van der Waals surface area contributed by atoms with Crippen LogP contribution >= 0.6 is 23.1 Å². The summed E-state index contributed by atoms with van der Waals surface area (Å²) in [5, 5.41) is 14.8. The molecule has 0 saturated heterocycles. The molecule has 0 spiro atoms. The number of aromatic nitrogens is 4. The molecule has 0 aliphatic heterocycles. The van der Waals surface area contributed by atoms with Gasteiger partial charge in [-0.1, -0.05) is 54.2 Å². The van der Waals surface area contributed by atoms with Crippen LogP contribution in [0.15, 0.2) is 65.1 Å². The number of nitrogens with zero attached hydrogens (tertiary/aromatic N) is 4. The Bertz CT molecular complexity index is 1170. The number of amides is 1. The van der Waals surface area contributed by atoms with E-state index in [0.29, 0.717) is 11.6 Å². The van der Waals surface area contributed by atoms with Crippen LogP contribution in [0.4, 0.5) is 5.13 Å². The van der Waals surface area contributed by atoms with Gasteiger partial charge >= 0.3 is 0 Å². The quantitative estimate of drug-likeness (QED) is 0.359. The van der Waals surface area contributed by atoms with Crippen molar-refractivity contribution in [3.8, 4) is 17.0 Å². The van der Waals surface area contributed by atoms with E-state index in [9.17, 15) is 4.79 Å². The Morgan fingerprint density at radius 1 is 1.12 bits per heavy atom. The first-order chi connectivity index (χ1) is 15.7. The lowest BCUT2D eigenvalue weighted by atomic mass is 10.1. The van der Waals surface area contributed by atoms with Gasteiger partial charge in [-0.25, -0.2) is 4.98 Å². The second-order valence-electron chi connectivity index (χ2n) is 6.91. The third-order valence-corrected chi connectivity index (χ3v) is 6.51. The highest BCUT2D eigenvalue weighted by molar-refractivity contribution is 7.99. The molecule has 0 aliphatic carbocycles. The van der Waals surface area contributed by atoms with Crippen molar-refractivity contribution < 1.29 is 9.53 Å². The van der Waals surface area contributed by atoms with E-state index in [-0.39, 0.29) is 11.7 Å². The zero-order valence-electron chi connectivity index (χ0n) is 17.8. The molecule has 2 aromatic carbocycles. The Kier molecular flexibility index (Phi) is 7.18. The summed E-state index contributed by atoms with van der Waals surface area (Å²) in [5.74, 6) is 1.81. The molecule has 2 heterocycles. The Hall–Kier alpha value is -3.17. The molecule has 164 valence electrons. The predicted octanol–water partition coefficient (Wildman–Crippen LogP) is 4.75. The van der Waals surface area contributed by atoms with Crippen LogP contribution < -0.4 is 10.1 Å². The monoisotopic (exact) mass is 465 g/mol. The summed E-state index contributed by atoms with van der Waals surface area (Å²) in [6, 6.07) is 17.8. The van der Waals surface area contributed by atoms with Gasteiger partial charge in [0.05, 0.1) is 18.6 Å². The largest absolute Gasteiger partial charge is 0.497 e. The fourth-order valence-electron chi connectivity index (χ4n) is 3.16. The van der Waals surface area contributed by atoms with Gasteiger partial charge in [0.2, 0.25) is 5.91 Å². The van der Waals surface area contributed by atoms with E-state index >= 15 is 0 Å². The highest BCUT2D eigenvalue weighted by Gasteiger charge is 2.15. The number of anilines is 1. The number of thioether (sulfide) groups is 1. The maximum atomic E-state index is 12.5. The molecule has 0 saturated carbocycles. The van der Waals surface area contributed by atoms with E-state index in [1.54, 1.807) is 7.11 Å². The average molecular weight is 466 g/mol. The number of ether oxygens (including phenoxy) is 1. The third-order valence-electron chi connectivity index (χ3n) is 4.78. The minimum Gasteiger partial charge on any atom is -0.497 e.